The van der Waals surface area contributed by atoms with Gasteiger partial charge < -0.3 is 5.73 Å². The van der Waals surface area contributed by atoms with Crippen LogP contribution in [0.25, 0.3) is 11.1 Å². The normalized spacial score (nSPS) is 9.06. The third kappa shape index (κ3) is 3.70. The average molecular weight is 271 g/mol. The maximum absolute atomic E-state index is 5.63. The Morgan fingerprint density at radius 1 is 1.00 bits per heavy atom. The summed E-state index contributed by atoms with van der Waals surface area (Å²) in [5, 5.41) is 0. The van der Waals surface area contributed by atoms with E-state index in [0.717, 1.165) is 0 Å². The van der Waals surface area contributed by atoms with Gasteiger partial charge in [-0.25, -0.2) is 0 Å². The van der Waals surface area contributed by atoms with Gasteiger partial charge in [-0.05, 0) is 41.3 Å². The number of nitrogens with two attached hydrogens (primary N) is 1. The van der Waals surface area contributed by atoms with Gasteiger partial charge in [0.05, 0.1) is 0 Å². The van der Waals surface area contributed by atoms with E-state index in [2.05, 4.69) is 30.1 Å². The first-order chi connectivity index (χ1) is 7.31. The molecular formula is C13H16Cl2N2. The van der Waals surface area contributed by atoms with Gasteiger partial charge in [-0.1, -0.05) is 18.2 Å². The lowest BCUT2D eigenvalue weighted by molar-refractivity contribution is 1.05. The van der Waals surface area contributed by atoms with Gasteiger partial charge in [-0.2, -0.15) is 0 Å². The molecule has 0 aliphatic carbocycles. The average Bonchev–Trinajstić information content (AvgIpc) is 2.30. The summed E-state index contributed by atoms with van der Waals surface area (Å²) >= 11 is 0. The van der Waals surface area contributed by atoms with Crippen LogP contribution in [0.2, 0.25) is 0 Å². The maximum atomic E-state index is 5.63. The Balaban J connectivity index is 0.00000128. The maximum Gasteiger partial charge on any atom is 0.0273 e. The first-order valence-corrected chi connectivity index (χ1v) is 5.01. The van der Waals surface area contributed by atoms with Crippen molar-refractivity contribution in [2.45, 2.75) is 13.5 Å². The van der Waals surface area contributed by atoms with E-state index in [1.807, 2.05) is 24.5 Å². The largest absolute Gasteiger partial charge is 0.326 e. The van der Waals surface area contributed by atoms with E-state index >= 15 is 0 Å². The van der Waals surface area contributed by atoms with E-state index in [1.54, 1.807) is 0 Å². The van der Waals surface area contributed by atoms with Gasteiger partial charge in [-0.3, -0.25) is 4.98 Å². The second-order valence-corrected chi connectivity index (χ2v) is 3.58. The van der Waals surface area contributed by atoms with Gasteiger partial charge in [0.2, 0.25) is 0 Å². The monoisotopic (exact) mass is 270 g/mol. The van der Waals surface area contributed by atoms with Crippen molar-refractivity contribution in [3.63, 3.8) is 0 Å². The fraction of sp³-hybridized carbons (Fsp3) is 0.154. The number of hydrogen-bond donors (Lipinski definition) is 1. The molecule has 0 aliphatic rings. The highest BCUT2D eigenvalue weighted by molar-refractivity contribution is 5.85. The summed E-state index contributed by atoms with van der Waals surface area (Å²) in [5.74, 6) is 0. The quantitative estimate of drug-likeness (QED) is 0.909. The molecule has 1 aromatic carbocycles. The van der Waals surface area contributed by atoms with E-state index < -0.39 is 0 Å². The minimum atomic E-state index is 0. The van der Waals surface area contributed by atoms with E-state index in [9.17, 15) is 0 Å². The highest BCUT2D eigenvalue weighted by Crippen LogP contribution is 2.21. The molecule has 0 atom stereocenters. The third-order valence-corrected chi connectivity index (χ3v) is 2.58. The molecule has 0 spiro atoms. The smallest absolute Gasteiger partial charge is 0.0273 e. The van der Waals surface area contributed by atoms with E-state index in [-0.39, 0.29) is 24.8 Å². The molecule has 2 N–H and O–H groups in total. The molecule has 0 aliphatic heterocycles. The standard InChI is InChI=1S/C13H14N2.2ClH/c1-10-8-12(2-3-13(10)9-14)11-4-6-15-7-5-11;;/h2-8H,9,14H2,1H3;2*1H. The number of hydrogen-bond acceptors (Lipinski definition) is 2. The highest BCUT2D eigenvalue weighted by Gasteiger charge is 2.00. The topological polar surface area (TPSA) is 38.9 Å². The number of nitrogens with zero attached hydrogens (tertiary/aromatic N) is 1. The van der Waals surface area contributed by atoms with Crippen molar-refractivity contribution in [3.05, 3.63) is 53.9 Å². The minimum Gasteiger partial charge on any atom is -0.326 e. The van der Waals surface area contributed by atoms with Gasteiger partial charge in [-0.15, -0.1) is 24.8 Å². The molecular weight excluding hydrogens is 255 g/mol. The lowest BCUT2D eigenvalue weighted by Gasteiger charge is -2.06. The van der Waals surface area contributed by atoms with Crippen LogP contribution in [0.15, 0.2) is 42.7 Å². The summed E-state index contributed by atoms with van der Waals surface area (Å²) in [6.45, 7) is 2.69. The van der Waals surface area contributed by atoms with Crippen LogP contribution in [0.4, 0.5) is 0 Å². The molecule has 0 radical (unpaired) electrons. The lowest BCUT2D eigenvalue weighted by atomic mass is 10.0. The first-order valence-electron chi connectivity index (χ1n) is 5.01. The van der Waals surface area contributed by atoms with Crippen molar-refractivity contribution in [3.8, 4) is 11.1 Å². The van der Waals surface area contributed by atoms with Gasteiger partial charge >= 0.3 is 0 Å². The molecule has 0 saturated carbocycles. The molecule has 0 fully saturated rings. The van der Waals surface area contributed by atoms with Crippen LogP contribution in [0.3, 0.4) is 0 Å². The van der Waals surface area contributed by atoms with Crippen LogP contribution in [0.5, 0.6) is 0 Å². The highest BCUT2D eigenvalue weighted by atomic mass is 35.5. The zero-order valence-corrected chi connectivity index (χ0v) is 11.2. The van der Waals surface area contributed by atoms with Crippen molar-refractivity contribution in [2.75, 3.05) is 0 Å². The van der Waals surface area contributed by atoms with Crippen LogP contribution >= 0.6 is 24.8 Å². The van der Waals surface area contributed by atoms with Crippen molar-refractivity contribution in [1.29, 1.82) is 0 Å². The molecule has 0 saturated heterocycles. The number of halogens is 2. The molecule has 1 aromatic heterocycles. The van der Waals surface area contributed by atoms with Crippen LogP contribution in [0, 0.1) is 6.92 Å². The lowest BCUT2D eigenvalue weighted by Crippen LogP contribution is -1.98. The van der Waals surface area contributed by atoms with Crippen LogP contribution in [-0.2, 0) is 6.54 Å². The molecule has 0 amide bonds. The third-order valence-electron chi connectivity index (χ3n) is 2.58. The Kier molecular flexibility index (Phi) is 6.81. The molecule has 2 nitrogen and oxygen atoms in total. The van der Waals surface area contributed by atoms with Gasteiger partial charge in [0.1, 0.15) is 0 Å². The van der Waals surface area contributed by atoms with E-state index in [0.29, 0.717) is 6.54 Å². The van der Waals surface area contributed by atoms with Crippen LogP contribution in [0.1, 0.15) is 11.1 Å². The zero-order chi connectivity index (χ0) is 10.7. The van der Waals surface area contributed by atoms with E-state index in [1.165, 1.54) is 22.3 Å². The number of aromatic nitrogens is 1. The number of aryl methyl sites for hydroxylation is 1. The van der Waals surface area contributed by atoms with Gasteiger partial charge in [0, 0.05) is 18.9 Å². The predicted octanol–water partition coefficient (Wildman–Crippen LogP) is 3.36. The van der Waals surface area contributed by atoms with Gasteiger partial charge in [0.25, 0.3) is 0 Å². The molecule has 17 heavy (non-hydrogen) atoms. The zero-order valence-electron chi connectivity index (χ0n) is 9.59. The summed E-state index contributed by atoms with van der Waals surface area (Å²) < 4.78 is 0. The second-order valence-electron chi connectivity index (χ2n) is 3.58. The summed E-state index contributed by atoms with van der Waals surface area (Å²) in [4.78, 5) is 4.01. The fourth-order valence-corrected chi connectivity index (χ4v) is 1.65. The minimum absolute atomic E-state index is 0. The molecule has 92 valence electrons. The molecule has 0 unspecified atom stereocenters. The van der Waals surface area contributed by atoms with E-state index in [4.69, 9.17) is 5.73 Å². The Hall–Kier alpha value is -1.09. The first kappa shape index (κ1) is 15.9. The fourth-order valence-electron chi connectivity index (χ4n) is 1.65. The number of rotatable bonds is 2. The SMILES string of the molecule is Cc1cc(-c2ccncc2)ccc1CN.Cl.Cl. The Labute approximate surface area is 114 Å². The van der Waals surface area contributed by atoms with Gasteiger partial charge in [0.15, 0.2) is 0 Å². The molecule has 2 rings (SSSR count). The number of pyridine rings is 1. The Morgan fingerprint density at radius 3 is 2.18 bits per heavy atom. The molecule has 2 aromatic rings. The second kappa shape index (κ2) is 7.28. The summed E-state index contributed by atoms with van der Waals surface area (Å²) in [6.07, 6.45) is 3.61. The van der Waals surface area contributed by atoms with Crippen molar-refractivity contribution < 1.29 is 0 Å². The van der Waals surface area contributed by atoms with Crippen molar-refractivity contribution >= 4 is 24.8 Å². The molecule has 0 bridgehead atoms. The summed E-state index contributed by atoms with van der Waals surface area (Å²) in [6, 6.07) is 10.4. The number of benzene rings is 1. The van der Waals surface area contributed by atoms with Crippen molar-refractivity contribution in [2.24, 2.45) is 5.73 Å². The summed E-state index contributed by atoms with van der Waals surface area (Å²) in [7, 11) is 0. The summed E-state index contributed by atoms with van der Waals surface area (Å²) in [5.41, 5.74) is 10.5. The molecule has 1 heterocycles. The Morgan fingerprint density at radius 2 is 1.65 bits per heavy atom. The molecule has 4 heteroatoms. The Bertz CT molecular complexity index is 458. The van der Waals surface area contributed by atoms with Crippen molar-refractivity contribution in [1.82, 2.24) is 4.98 Å². The van der Waals surface area contributed by atoms with Crippen LogP contribution in [-0.4, -0.2) is 4.98 Å². The van der Waals surface area contributed by atoms with Crippen LogP contribution < -0.4 is 5.73 Å². The predicted molar refractivity (Wildman–Crippen MR) is 76.8 cm³/mol.